The van der Waals surface area contributed by atoms with E-state index in [1.54, 1.807) is 0 Å². The van der Waals surface area contributed by atoms with Gasteiger partial charge in [0.05, 0.1) is 0 Å². The minimum absolute atomic E-state index is 0.346. The maximum atomic E-state index is 3.82. The lowest BCUT2D eigenvalue weighted by atomic mass is 9.85. The Labute approximate surface area is 124 Å². The van der Waals surface area contributed by atoms with Crippen molar-refractivity contribution in [2.75, 3.05) is 19.6 Å². The molecule has 1 aliphatic heterocycles. The second kappa shape index (κ2) is 7.24. The number of rotatable bonds is 5. The number of hydrogen-bond donors (Lipinski definition) is 2. The zero-order chi connectivity index (χ0) is 14.4. The van der Waals surface area contributed by atoms with Gasteiger partial charge in [0.2, 0.25) is 0 Å². The van der Waals surface area contributed by atoms with Gasteiger partial charge < -0.3 is 10.6 Å². The van der Waals surface area contributed by atoms with Gasteiger partial charge in [-0.1, -0.05) is 51.1 Å². The lowest BCUT2D eigenvalue weighted by Gasteiger charge is -2.30. The summed E-state index contributed by atoms with van der Waals surface area (Å²) in [5.74, 6) is 0.787. The predicted octanol–water partition coefficient (Wildman–Crippen LogP) is 3.75. The highest BCUT2D eigenvalue weighted by Crippen LogP contribution is 2.29. The molecule has 0 saturated carbocycles. The van der Waals surface area contributed by atoms with Crippen molar-refractivity contribution >= 4 is 0 Å². The third-order valence-corrected chi connectivity index (χ3v) is 4.07. The summed E-state index contributed by atoms with van der Waals surface area (Å²) in [6, 6.07) is 11.4. The lowest BCUT2D eigenvalue weighted by Crippen LogP contribution is -2.38. The van der Waals surface area contributed by atoms with E-state index >= 15 is 0 Å². The Hall–Kier alpha value is -0.860. The van der Waals surface area contributed by atoms with Gasteiger partial charge in [-0.3, -0.25) is 0 Å². The van der Waals surface area contributed by atoms with Gasteiger partial charge in [0.15, 0.2) is 0 Å². The molecule has 0 aromatic heterocycles. The van der Waals surface area contributed by atoms with Crippen LogP contribution in [0.2, 0.25) is 0 Å². The van der Waals surface area contributed by atoms with E-state index in [0.29, 0.717) is 11.5 Å². The smallest absolute Gasteiger partial charge is 0.0325 e. The van der Waals surface area contributed by atoms with Gasteiger partial charge in [-0.2, -0.15) is 0 Å². The summed E-state index contributed by atoms with van der Waals surface area (Å²) < 4.78 is 0. The van der Waals surface area contributed by atoms with Crippen LogP contribution in [-0.2, 0) is 0 Å². The summed E-state index contributed by atoms with van der Waals surface area (Å²) in [6.07, 6.45) is 3.86. The molecule has 0 spiro atoms. The van der Waals surface area contributed by atoms with E-state index < -0.39 is 0 Å². The minimum Gasteiger partial charge on any atom is -0.316 e. The van der Waals surface area contributed by atoms with Crippen molar-refractivity contribution in [2.24, 2.45) is 11.3 Å². The molecule has 0 amide bonds. The van der Waals surface area contributed by atoms with Crippen molar-refractivity contribution in [3.8, 4) is 0 Å². The number of hydrogen-bond acceptors (Lipinski definition) is 2. The fourth-order valence-corrected chi connectivity index (χ4v) is 3.01. The van der Waals surface area contributed by atoms with Crippen molar-refractivity contribution < 1.29 is 0 Å². The Morgan fingerprint density at radius 1 is 1.25 bits per heavy atom. The average molecular weight is 274 g/mol. The predicted molar refractivity (Wildman–Crippen MR) is 86.9 cm³/mol. The van der Waals surface area contributed by atoms with Crippen LogP contribution in [0.1, 0.15) is 51.6 Å². The van der Waals surface area contributed by atoms with E-state index in [0.717, 1.165) is 12.5 Å². The molecule has 0 radical (unpaired) electrons. The Morgan fingerprint density at radius 2 is 2.00 bits per heavy atom. The van der Waals surface area contributed by atoms with E-state index in [1.165, 1.54) is 37.9 Å². The van der Waals surface area contributed by atoms with E-state index in [2.05, 4.69) is 61.7 Å². The zero-order valence-electron chi connectivity index (χ0n) is 13.3. The van der Waals surface area contributed by atoms with Crippen LogP contribution in [0.5, 0.6) is 0 Å². The third-order valence-electron chi connectivity index (χ3n) is 4.07. The highest BCUT2D eigenvalue weighted by molar-refractivity contribution is 5.19. The summed E-state index contributed by atoms with van der Waals surface area (Å²) >= 11 is 0. The van der Waals surface area contributed by atoms with Crippen molar-refractivity contribution in [3.63, 3.8) is 0 Å². The molecule has 112 valence electrons. The second-order valence-electron chi connectivity index (χ2n) is 7.35. The van der Waals surface area contributed by atoms with Crippen LogP contribution in [-0.4, -0.2) is 19.6 Å². The molecule has 1 aromatic carbocycles. The van der Waals surface area contributed by atoms with E-state index in [9.17, 15) is 0 Å². The minimum atomic E-state index is 0.346. The molecular weight excluding hydrogens is 244 g/mol. The quantitative estimate of drug-likeness (QED) is 0.854. The third kappa shape index (κ3) is 5.26. The normalized spacial score (nSPS) is 21.6. The molecule has 2 nitrogen and oxygen atoms in total. The van der Waals surface area contributed by atoms with Gasteiger partial charge in [-0.15, -0.1) is 0 Å². The summed E-state index contributed by atoms with van der Waals surface area (Å²) in [6.45, 7) is 10.5. The van der Waals surface area contributed by atoms with Crippen molar-refractivity contribution in [1.29, 1.82) is 0 Å². The number of nitrogens with one attached hydrogen (secondary N) is 2. The fourth-order valence-electron chi connectivity index (χ4n) is 3.01. The Balaban J connectivity index is 1.95. The monoisotopic (exact) mass is 274 g/mol. The van der Waals surface area contributed by atoms with E-state index in [-0.39, 0.29) is 0 Å². The molecule has 2 N–H and O–H groups in total. The lowest BCUT2D eigenvalue weighted by molar-refractivity contribution is 0.285. The van der Waals surface area contributed by atoms with E-state index in [1.807, 2.05) is 0 Å². The van der Waals surface area contributed by atoms with Gasteiger partial charge in [0.1, 0.15) is 0 Å². The van der Waals surface area contributed by atoms with E-state index in [4.69, 9.17) is 0 Å². The summed E-state index contributed by atoms with van der Waals surface area (Å²) in [5.41, 5.74) is 1.77. The van der Waals surface area contributed by atoms with Crippen molar-refractivity contribution in [3.05, 3.63) is 35.9 Å². The zero-order valence-corrected chi connectivity index (χ0v) is 13.3. The average Bonchev–Trinajstić information content (AvgIpc) is 2.44. The van der Waals surface area contributed by atoms with Gasteiger partial charge in [0, 0.05) is 6.04 Å². The van der Waals surface area contributed by atoms with Gasteiger partial charge in [-0.25, -0.2) is 0 Å². The van der Waals surface area contributed by atoms with Crippen LogP contribution in [0.4, 0.5) is 0 Å². The van der Waals surface area contributed by atoms with Gasteiger partial charge in [-0.05, 0) is 55.8 Å². The summed E-state index contributed by atoms with van der Waals surface area (Å²) in [4.78, 5) is 0. The number of piperidine rings is 1. The Morgan fingerprint density at radius 3 is 2.60 bits per heavy atom. The highest BCUT2D eigenvalue weighted by Gasteiger charge is 2.21. The van der Waals surface area contributed by atoms with Gasteiger partial charge >= 0.3 is 0 Å². The van der Waals surface area contributed by atoms with Crippen LogP contribution in [0.3, 0.4) is 0 Å². The summed E-state index contributed by atoms with van der Waals surface area (Å²) in [7, 11) is 0. The maximum absolute atomic E-state index is 3.82. The molecule has 0 bridgehead atoms. The first-order chi connectivity index (χ1) is 9.54. The standard InChI is InChI=1S/C18H30N2/c1-18(2,3)12-17(16-9-5-4-6-10-16)20-14-15-8-7-11-19-13-15/h4-6,9-10,15,17,19-20H,7-8,11-14H2,1-3H3. The first-order valence-corrected chi connectivity index (χ1v) is 8.04. The van der Waals surface area contributed by atoms with Crippen LogP contribution in [0.25, 0.3) is 0 Å². The molecule has 2 rings (SSSR count). The van der Waals surface area contributed by atoms with Crippen molar-refractivity contribution in [1.82, 2.24) is 10.6 Å². The van der Waals surface area contributed by atoms with Crippen LogP contribution in [0.15, 0.2) is 30.3 Å². The molecule has 0 aliphatic carbocycles. The van der Waals surface area contributed by atoms with Crippen LogP contribution >= 0.6 is 0 Å². The first kappa shape index (κ1) is 15.5. The highest BCUT2D eigenvalue weighted by atomic mass is 14.9. The largest absolute Gasteiger partial charge is 0.316 e. The molecular formula is C18H30N2. The molecule has 1 aromatic rings. The fraction of sp³-hybridized carbons (Fsp3) is 0.667. The topological polar surface area (TPSA) is 24.1 Å². The molecule has 1 fully saturated rings. The van der Waals surface area contributed by atoms with Crippen molar-refractivity contribution in [2.45, 2.75) is 46.1 Å². The molecule has 1 heterocycles. The molecule has 20 heavy (non-hydrogen) atoms. The molecule has 2 unspecified atom stereocenters. The molecule has 1 saturated heterocycles. The molecule has 1 aliphatic rings. The van der Waals surface area contributed by atoms with Crippen LogP contribution in [0, 0.1) is 11.3 Å². The van der Waals surface area contributed by atoms with Gasteiger partial charge in [0.25, 0.3) is 0 Å². The first-order valence-electron chi connectivity index (χ1n) is 8.04. The SMILES string of the molecule is CC(C)(C)CC(NCC1CCCNC1)c1ccccc1. The molecule has 2 heteroatoms. The maximum Gasteiger partial charge on any atom is 0.0325 e. The Bertz CT molecular complexity index is 374. The second-order valence-corrected chi connectivity index (χ2v) is 7.35. The van der Waals surface area contributed by atoms with Crippen LogP contribution < -0.4 is 10.6 Å². The summed E-state index contributed by atoms with van der Waals surface area (Å²) in [5, 5.41) is 7.33. The number of benzene rings is 1. The molecule has 2 atom stereocenters. The Kier molecular flexibility index (Phi) is 5.62.